The molecule has 0 heterocycles. The van der Waals surface area contributed by atoms with E-state index in [0.29, 0.717) is 23.5 Å². The molecule has 0 spiro atoms. The van der Waals surface area contributed by atoms with Crippen molar-refractivity contribution in [3.05, 3.63) is 23.8 Å². The fourth-order valence-electron chi connectivity index (χ4n) is 1.28. The number of benzene rings is 1. The average molecular weight is 240 g/mol. The number of rotatable bonds is 5. The highest BCUT2D eigenvalue weighted by molar-refractivity contribution is 7.98. The van der Waals surface area contributed by atoms with Gasteiger partial charge in [0.15, 0.2) is 0 Å². The lowest BCUT2D eigenvalue weighted by Gasteiger charge is -2.09. The molecular formula is C11H16N2O2S. The highest BCUT2D eigenvalue weighted by Gasteiger charge is 2.11. The van der Waals surface area contributed by atoms with Gasteiger partial charge in [0.2, 0.25) is 0 Å². The Hall–Kier alpha value is -1.36. The minimum Gasteiger partial charge on any atom is -0.495 e. The molecule has 0 aliphatic heterocycles. The van der Waals surface area contributed by atoms with Crippen LogP contribution in [-0.4, -0.2) is 31.6 Å². The van der Waals surface area contributed by atoms with E-state index >= 15 is 0 Å². The van der Waals surface area contributed by atoms with Crippen LogP contribution in [0.1, 0.15) is 10.4 Å². The number of methoxy groups -OCH3 is 1. The highest BCUT2D eigenvalue weighted by atomic mass is 32.2. The van der Waals surface area contributed by atoms with Crippen LogP contribution >= 0.6 is 11.8 Å². The fraction of sp³-hybridized carbons (Fsp3) is 0.364. The van der Waals surface area contributed by atoms with Crippen LogP contribution in [0.2, 0.25) is 0 Å². The molecule has 3 N–H and O–H groups in total. The van der Waals surface area contributed by atoms with Crippen molar-refractivity contribution in [2.45, 2.75) is 0 Å². The van der Waals surface area contributed by atoms with Gasteiger partial charge in [-0.25, -0.2) is 0 Å². The maximum Gasteiger partial charge on any atom is 0.253 e. The average Bonchev–Trinajstić information content (AvgIpc) is 2.29. The number of thioether (sulfide) groups is 1. The predicted molar refractivity (Wildman–Crippen MR) is 68.1 cm³/mol. The normalized spacial score (nSPS) is 9.88. The topological polar surface area (TPSA) is 64.3 Å². The van der Waals surface area contributed by atoms with Crippen molar-refractivity contribution in [3.8, 4) is 5.75 Å². The van der Waals surface area contributed by atoms with Gasteiger partial charge in [-0.15, -0.1) is 0 Å². The van der Waals surface area contributed by atoms with Gasteiger partial charge in [-0.05, 0) is 18.4 Å². The van der Waals surface area contributed by atoms with Gasteiger partial charge < -0.3 is 15.8 Å². The van der Waals surface area contributed by atoms with E-state index < -0.39 is 0 Å². The van der Waals surface area contributed by atoms with E-state index in [9.17, 15) is 4.79 Å². The molecule has 1 aromatic rings. The molecule has 0 fully saturated rings. The Balaban J connectivity index is 2.75. The molecule has 4 nitrogen and oxygen atoms in total. The molecule has 0 atom stereocenters. The summed E-state index contributed by atoms with van der Waals surface area (Å²) < 4.78 is 5.05. The Bertz CT molecular complexity index is 369. The van der Waals surface area contributed by atoms with Crippen molar-refractivity contribution in [1.82, 2.24) is 5.32 Å². The number of para-hydroxylation sites is 1. The smallest absolute Gasteiger partial charge is 0.253 e. The van der Waals surface area contributed by atoms with E-state index in [1.165, 1.54) is 7.11 Å². The van der Waals surface area contributed by atoms with E-state index in [-0.39, 0.29) is 5.91 Å². The highest BCUT2D eigenvalue weighted by Crippen LogP contribution is 2.24. The first-order valence-electron chi connectivity index (χ1n) is 4.90. The number of hydrogen-bond donors (Lipinski definition) is 2. The first-order chi connectivity index (χ1) is 7.70. The first kappa shape index (κ1) is 12.7. The zero-order valence-corrected chi connectivity index (χ0v) is 10.3. The molecule has 0 aromatic heterocycles. The molecule has 0 aliphatic carbocycles. The lowest BCUT2D eigenvalue weighted by molar-refractivity contribution is 0.0957. The summed E-state index contributed by atoms with van der Waals surface area (Å²) in [5.74, 6) is 1.25. The summed E-state index contributed by atoms with van der Waals surface area (Å²) in [5.41, 5.74) is 6.65. The zero-order chi connectivity index (χ0) is 12.0. The summed E-state index contributed by atoms with van der Waals surface area (Å²) in [6, 6.07) is 5.17. The number of carbonyl (C=O) groups is 1. The summed E-state index contributed by atoms with van der Waals surface area (Å²) in [6.07, 6.45) is 1.99. The second-order valence-electron chi connectivity index (χ2n) is 3.17. The van der Waals surface area contributed by atoms with E-state index in [1.807, 2.05) is 6.26 Å². The number of nitrogens with two attached hydrogens (primary N) is 1. The van der Waals surface area contributed by atoms with Crippen LogP contribution in [0.3, 0.4) is 0 Å². The van der Waals surface area contributed by atoms with Crippen molar-refractivity contribution in [1.29, 1.82) is 0 Å². The van der Waals surface area contributed by atoms with Crippen LogP contribution in [0.15, 0.2) is 18.2 Å². The number of ether oxygens (including phenoxy) is 1. The largest absolute Gasteiger partial charge is 0.495 e. The maximum absolute atomic E-state index is 11.8. The van der Waals surface area contributed by atoms with Gasteiger partial charge in [-0.2, -0.15) is 11.8 Å². The molecule has 0 saturated heterocycles. The van der Waals surface area contributed by atoms with Gasteiger partial charge in [0, 0.05) is 12.3 Å². The molecule has 1 amide bonds. The molecule has 0 aliphatic rings. The molecule has 0 bridgehead atoms. The van der Waals surface area contributed by atoms with E-state index in [1.54, 1.807) is 30.0 Å². The van der Waals surface area contributed by atoms with Gasteiger partial charge in [0.1, 0.15) is 5.75 Å². The second-order valence-corrected chi connectivity index (χ2v) is 4.16. The van der Waals surface area contributed by atoms with E-state index in [4.69, 9.17) is 10.5 Å². The third-order valence-corrected chi connectivity index (χ3v) is 2.73. The Kier molecular flexibility index (Phi) is 4.98. The number of anilines is 1. The van der Waals surface area contributed by atoms with Gasteiger partial charge in [0.05, 0.1) is 18.4 Å². The molecule has 0 radical (unpaired) electrons. The Morgan fingerprint density at radius 2 is 2.31 bits per heavy atom. The van der Waals surface area contributed by atoms with Gasteiger partial charge >= 0.3 is 0 Å². The summed E-state index contributed by atoms with van der Waals surface area (Å²) in [6.45, 7) is 0.636. The van der Waals surface area contributed by atoms with Crippen molar-refractivity contribution in [2.75, 3.05) is 31.4 Å². The summed E-state index contributed by atoms with van der Waals surface area (Å²) in [7, 11) is 1.53. The van der Waals surface area contributed by atoms with Gasteiger partial charge in [-0.1, -0.05) is 6.07 Å². The summed E-state index contributed by atoms with van der Waals surface area (Å²) >= 11 is 1.68. The lowest BCUT2D eigenvalue weighted by Crippen LogP contribution is -2.26. The number of nitrogens with one attached hydrogen (secondary N) is 1. The quantitative estimate of drug-likeness (QED) is 0.602. The number of carbonyl (C=O) groups excluding carboxylic acids is 1. The van der Waals surface area contributed by atoms with Gasteiger partial charge in [0.25, 0.3) is 5.91 Å². The fourth-order valence-corrected chi connectivity index (χ4v) is 1.59. The molecule has 0 unspecified atom stereocenters. The summed E-state index contributed by atoms with van der Waals surface area (Å²) in [5, 5.41) is 2.80. The van der Waals surface area contributed by atoms with Crippen molar-refractivity contribution in [3.63, 3.8) is 0 Å². The third kappa shape index (κ3) is 3.06. The molecule has 16 heavy (non-hydrogen) atoms. The summed E-state index contributed by atoms with van der Waals surface area (Å²) in [4.78, 5) is 11.8. The van der Waals surface area contributed by atoms with Crippen LogP contribution in [-0.2, 0) is 0 Å². The first-order valence-corrected chi connectivity index (χ1v) is 6.29. The molecule has 0 saturated carbocycles. The van der Waals surface area contributed by atoms with Crippen LogP contribution in [0.4, 0.5) is 5.69 Å². The van der Waals surface area contributed by atoms with Crippen molar-refractivity contribution in [2.24, 2.45) is 0 Å². The molecular weight excluding hydrogens is 224 g/mol. The molecule has 1 rings (SSSR count). The standard InChI is InChI=1S/C11H16N2O2S/c1-15-9-5-3-4-8(10(9)12)11(14)13-6-7-16-2/h3-5H,6-7,12H2,1-2H3,(H,13,14). The number of hydrogen-bond acceptors (Lipinski definition) is 4. The van der Waals surface area contributed by atoms with Crippen molar-refractivity contribution >= 4 is 23.4 Å². The lowest BCUT2D eigenvalue weighted by atomic mass is 10.1. The maximum atomic E-state index is 11.8. The Morgan fingerprint density at radius 1 is 1.56 bits per heavy atom. The second kappa shape index (κ2) is 6.27. The number of amides is 1. The van der Waals surface area contributed by atoms with E-state index in [2.05, 4.69) is 5.32 Å². The molecule has 5 heteroatoms. The zero-order valence-electron chi connectivity index (χ0n) is 9.45. The van der Waals surface area contributed by atoms with Crippen LogP contribution in [0.25, 0.3) is 0 Å². The monoisotopic (exact) mass is 240 g/mol. The van der Waals surface area contributed by atoms with Crippen molar-refractivity contribution < 1.29 is 9.53 Å². The minimum atomic E-state index is -0.162. The minimum absolute atomic E-state index is 0.162. The third-order valence-electron chi connectivity index (χ3n) is 2.12. The number of nitrogen functional groups attached to an aromatic ring is 1. The van der Waals surface area contributed by atoms with Crippen LogP contribution < -0.4 is 15.8 Å². The van der Waals surface area contributed by atoms with Gasteiger partial charge in [-0.3, -0.25) is 4.79 Å². The van der Waals surface area contributed by atoms with Crippen LogP contribution in [0.5, 0.6) is 5.75 Å². The molecule has 1 aromatic carbocycles. The predicted octanol–water partition coefficient (Wildman–Crippen LogP) is 1.37. The Labute approximate surface area is 99.5 Å². The van der Waals surface area contributed by atoms with E-state index in [0.717, 1.165) is 5.75 Å². The van der Waals surface area contributed by atoms with Crippen LogP contribution in [0, 0.1) is 0 Å². The SMILES string of the molecule is COc1cccc(C(=O)NCCSC)c1N. The Morgan fingerprint density at radius 3 is 2.94 bits per heavy atom. The molecule has 88 valence electrons.